The SMILES string of the molecule is N#Cc1cccc(C2=C(N)OC(c3ccccc3[N+](=O)[O-])C2=O)c1. The van der Waals surface area contributed by atoms with E-state index in [1.165, 1.54) is 24.3 Å². The number of nitro groups is 1. The van der Waals surface area contributed by atoms with Crippen molar-refractivity contribution >= 4 is 17.0 Å². The van der Waals surface area contributed by atoms with Crippen LogP contribution < -0.4 is 5.73 Å². The number of nitriles is 1. The molecule has 0 aromatic heterocycles. The summed E-state index contributed by atoms with van der Waals surface area (Å²) in [5.74, 6) is -0.588. The lowest BCUT2D eigenvalue weighted by Gasteiger charge is -2.10. The average molecular weight is 321 g/mol. The number of para-hydroxylation sites is 1. The monoisotopic (exact) mass is 321 g/mol. The third-order valence-corrected chi connectivity index (χ3v) is 3.67. The van der Waals surface area contributed by atoms with Crippen molar-refractivity contribution in [3.63, 3.8) is 0 Å². The van der Waals surface area contributed by atoms with Crippen molar-refractivity contribution in [3.05, 3.63) is 81.2 Å². The first kappa shape index (κ1) is 15.2. The Morgan fingerprint density at radius 3 is 2.67 bits per heavy atom. The lowest BCUT2D eigenvalue weighted by Crippen LogP contribution is -2.11. The van der Waals surface area contributed by atoms with Crippen molar-refractivity contribution in [1.82, 2.24) is 0 Å². The van der Waals surface area contributed by atoms with E-state index in [9.17, 15) is 14.9 Å². The molecular weight excluding hydrogens is 310 g/mol. The maximum absolute atomic E-state index is 12.7. The Bertz CT molecular complexity index is 927. The Morgan fingerprint density at radius 1 is 1.21 bits per heavy atom. The van der Waals surface area contributed by atoms with Crippen LogP contribution in [0.1, 0.15) is 22.8 Å². The zero-order chi connectivity index (χ0) is 17.3. The summed E-state index contributed by atoms with van der Waals surface area (Å²) >= 11 is 0. The van der Waals surface area contributed by atoms with E-state index in [0.717, 1.165) is 0 Å². The minimum absolute atomic E-state index is 0.113. The van der Waals surface area contributed by atoms with E-state index in [-0.39, 0.29) is 22.7 Å². The summed E-state index contributed by atoms with van der Waals surface area (Å²) in [6, 6.07) is 14.2. The standard InChI is InChI=1S/C17H11N3O4/c18-9-10-4-3-5-11(8-10)14-15(21)16(24-17(14)19)12-6-1-2-7-13(12)20(22)23/h1-8,16H,19H2. The Kier molecular flexibility index (Phi) is 3.72. The van der Waals surface area contributed by atoms with E-state index in [2.05, 4.69) is 0 Å². The molecule has 0 spiro atoms. The molecule has 0 saturated carbocycles. The maximum Gasteiger partial charge on any atom is 0.276 e. The third kappa shape index (κ3) is 2.46. The molecule has 0 bridgehead atoms. The lowest BCUT2D eigenvalue weighted by molar-refractivity contribution is -0.386. The number of hydrogen-bond donors (Lipinski definition) is 1. The van der Waals surface area contributed by atoms with Crippen molar-refractivity contribution in [2.75, 3.05) is 0 Å². The van der Waals surface area contributed by atoms with Gasteiger partial charge in [-0.1, -0.05) is 24.3 Å². The number of nitro benzene ring substituents is 1. The molecule has 118 valence electrons. The lowest BCUT2D eigenvalue weighted by atomic mass is 9.95. The van der Waals surface area contributed by atoms with Crippen LogP contribution in [0.5, 0.6) is 0 Å². The summed E-state index contributed by atoms with van der Waals surface area (Å²) < 4.78 is 5.41. The Morgan fingerprint density at radius 2 is 1.96 bits per heavy atom. The van der Waals surface area contributed by atoms with Gasteiger partial charge in [0, 0.05) is 6.07 Å². The molecule has 1 heterocycles. The molecule has 1 atom stereocenters. The molecule has 24 heavy (non-hydrogen) atoms. The topological polar surface area (TPSA) is 119 Å². The molecule has 0 saturated heterocycles. The molecule has 7 heteroatoms. The predicted molar refractivity (Wildman–Crippen MR) is 84.2 cm³/mol. The Labute approximate surface area is 136 Å². The molecule has 7 nitrogen and oxygen atoms in total. The number of ether oxygens (including phenoxy) is 1. The van der Waals surface area contributed by atoms with Gasteiger partial charge in [0.05, 0.1) is 27.7 Å². The van der Waals surface area contributed by atoms with Gasteiger partial charge in [-0.2, -0.15) is 5.26 Å². The number of benzene rings is 2. The highest BCUT2D eigenvalue weighted by molar-refractivity contribution is 6.25. The third-order valence-electron chi connectivity index (χ3n) is 3.67. The molecule has 0 radical (unpaired) electrons. The number of Topliss-reactive ketones (excluding diaryl/α,β-unsaturated/α-hetero) is 1. The minimum atomic E-state index is -1.17. The molecule has 3 rings (SSSR count). The fourth-order valence-corrected chi connectivity index (χ4v) is 2.60. The van der Waals surface area contributed by atoms with Gasteiger partial charge in [-0.15, -0.1) is 0 Å². The van der Waals surface area contributed by atoms with E-state index >= 15 is 0 Å². The van der Waals surface area contributed by atoms with Gasteiger partial charge in [-0.3, -0.25) is 14.9 Å². The van der Waals surface area contributed by atoms with Crippen molar-refractivity contribution in [3.8, 4) is 6.07 Å². The van der Waals surface area contributed by atoms with Crippen LogP contribution in [-0.2, 0) is 9.53 Å². The molecule has 2 aromatic rings. The quantitative estimate of drug-likeness (QED) is 0.685. The van der Waals surface area contributed by atoms with E-state index in [1.807, 2.05) is 6.07 Å². The van der Waals surface area contributed by atoms with E-state index in [4.69, 9.17) is 15.7 Å². The molecule has 1 aliphatic heterocycles. The van der Waals surface area contributed by atoms with Gasteiger partial charge in [0.15, 0.2) is 12.0 Å². The van der Waals surface area contributed by atoms with Gasteiger partial charge in [-0.25, -0.2) is 0 Å². The molecule has 1 aliphatic rings. The smallest absolute Gasteiger partial charge is 0.276 e. The van der Waals surface area contributed by atoms with Gasteiger partial charge in [0.25, 0.3) is 5.69 Å². The summed E-state index contributed by atoms with van der Waals surface area (Å²) in [5, 5.41) is 20.1. The van der Waals surface area contributed by atoms with E-state index in [0.29, 0.717) is 11.1 Å². The van der Waals surface area contributed by atoms with Crippen LogP contribution in [0.4, 0.5) is 5.69 Å². The highest BCUT2D eigenvalue weighted by Crippen LogP contribution is 2.39. The van der Waals surface area contributed by atoms with E-state index in [1.54, 1.807) is 24.3 Å². The molecule has 2 N–H and O–H groups in total. The van der Waals surface area contributed by atoms with Crippen molar-refractivity contribution in [1.29, 1.82) is 5.26 Å². The minimum Gasteiger partial charge on any atom is -0.462 e. The molecule has 2 aromatic carbocycles. The zero-order valence-electron chi connectivity index (χ0n) is 12.3. The second kappa shape index (κ2) is 5.85. The van der Waals surface area contributed by atoms with Crippen LogP contribution >= 0.6 is 0 Å². The first-order valence-corrected chi connectivity index (χ1v) is 6.97. The zero-order valence-corrected chi connectivity index (χ0v) is 12.3. The number of carbonyl (C=O) groups is 1. The van der Waals surface area contributed by atoms with Crippen LogP contribution in [-0.4, -0.2) is 10.7 Å². The predicted octanol–water partition coefficient (Wildman–Crippen LogP) is 2.43. The summed E-state index contributed by atoms with van der Waals surface area (Å²) in [7, 11) is 0. The number of ketones is 1. The summed E-state index contributed by atoms with van der Waals surface area (Å²) in [4.78, 5) is 23.3. The van der Waals surface area contributed by atoms with Crippen molar-refractivity contribution < 1.29 is 14.5 Å². The summed E-state index contributed by atoms with van der Waals surface area (Å²) in [6.07, 6.45) is -1.17. The maximum atomic E-state index is 12.7. The molecule has 0 aliphatic carbocycles. The number of nitrogens with two attached hydrogens (primary N) is 1. The molecule has 1 unspecified atom stereocenters. The van der Waals surface area contributed by atoms with Gasteiger partial charge in [-0.05, 0) is 23.8 Å². The van der Waals surface area contributed by atoms with Crippen LogP contribution in [0.25, 0.3) is 5.57 Å². The molecular formula is C17H11N3O4. The average Bonchev–Trinajstić information content (AvgIpc) is 2.89. The van der Waals surface area contributed by atoms with Gasteiger partial charge < -0.3 is 10.5 Å². The van der Waals surface area contributed by atoms with Crippen molar-refractivity contribution in [2.24, 2.45) is 5.73 Å². The molecule has 0 fully saturated rings. The van der Waals surface area contributed by atoms with Crippen LogP contribution in [0.15, 0.2) is 54.4 Å². The first-order valence-electron chi connectivity index (χ1n) is 6.97. The number of nitrogens with zero attached hydrogens (tertiary/aromatic N) is 2. The second-order valence-electron chi connectivity index (χ2n) is 5.11. The Balaban J connectivity index is 2.03. The van der Waals surface area contributed by atoms with Gasteiger partial charge >= 0.3 is 0 Å². The van der Waals surface area contributed by atoms with Crippen LogP contribution in [0.3, 0.4) is 0 Å². The van der Waals surface area contributed by atoms with Gasteiger partial charge in [0.1, 0.15) is 0 Å². The van der Waals surface area contributed by atoms with Crippen LogP contribution in [0, 0.1) is 21.4 Å². The number of rotatable bonds is 3. The first-order chi connectivity index (χ1) is 11.5. The second-order valence-corrected chi connectivity index (χ2v) is 5.11. The summed E-state index contributed by atoms with van der Waals surface area (Å²) in [5.41, 5.74) is 6.69. The highest BCUT2D eigenvalue weighted by atomic mass is 16.6. The normalized spacial score (nSPS) is 16.6. The largest absolute Gasteiger partial charge is 0.462 e. The number of carbonyl (C=O) groups excluding carboxylic acids is 1. The highest BCUT2D eigenvalue weighted by Gasteiger charge is 2.39. The summed E-state index contributed by atoms with van der Waals surface area (Å²) in [6.45, 7) is 0. The Hall–Kier alpha value is -3.66. The van der Waals surface area contributed by atoms with E-state index < -0.39 is 16.8 Å². The fraction of sp³-hybridized carbons (Fsp3) is 0.0588. The van der Waals surface area contributed by atoms with Crippen LogP contribution in [0.2, 0.25) is 0 Å². The van der Waals surface area contributed by atoms with Crippen molar-refractivity contribution in [2.45, 2.75) is 6.10 Å². The molecule has 0 amide bonds. The van der Waals surface area contributed by atoms with Gasteiger partial charge in [0.2, 0.25) is 5.78 Å². The number of hydrogen-bond acceptors (Lipinski definition) is 6. The fourth-order valence-electron chi connectivity index (χ4n) is 2.60.